The maximum absolute atomic E-state index is 12.3. The predicted octanol–water partition coefficient (Wildman–Crippen LogP) is 4.02. The normalized spacial score (nSPS) is 10.4. The van der Waals surface area contributed by atoms with Crippen LogP contribution in [0.15, 0.2) is 41.1 Å². The van der Waals surface area contributed by atoms with Crippen molar-refractivity contribution in [1.82, 2.24) is 4.98 Å². The number of thiophene rings is 1. The number of rotatable bonds is 6. The zero-order valence-corrected chi connectivity index (χ0v) is 15.9. The van der Waals surface area contributed by atoms with E-state index in [1.807, 2.05) is 22.9 Å². The van der Waals surface area contributed by atoms with Crippen LogP contribution in [0.3, 0.4) is 0 Å². The van der Waals surface area contributed by atoms with Crippen molar-refractivity contribution in [3.63, 3.8) is 0 Å². The molecule has 0 aliphatic carbocycles. The summed E-state index contributed by atoms with van der Waals surface area (Å²) in [6, 6.07) is 9.06. The van der Waals surface area contributed by atoms with Gasteiger partial charge >= 0.3 is 0 Å². The van der Waals surface area contributed by atoms with Gasteiger partial charge in [0.1, 0.15) is 10.8 Å². The number of anilines is 2. The molecule has 3 aromatic rings. The SMILES string of the molecule is COc1ccc(NC(=O)Cc2csc(-c3cccs3)n2)cc1NC(C)=O. The van der Waals surface area contributed by atoms with Crippen molar-refractivity contribution in [2.75, 3.05) is 17.7 Å². The summed E-state index contributed by atoms with van der Waals surface area (Å²) in [5.41, 5.74) is 1.81. The molecule has 6 nitrogen and oxygen atoms in total. The van der Waals surface area contributed by atoms with Crippen LogP contribution in [0.5, 0.6) is 5.75 Å². The standard InChI is InChI=1S/C18H17N3O3S2/c1-11(22)19-14-8-12(5-6-15(14)24-2)20-17(23)9-13-10-26-18(21-13)16-4-3-7-25-16/h3-8,10H,9H2,1-2H3,(H,19,22)(H,20,23). The molecule has 2 aromatic heterocycles. The van der Waals surface area contributed by atoms with Gasteiger partial charge in [-0.1, -0.05) is 6.07 Å². The Hall–Kier alpha value is -2.71. The minimum atomic E-state index is -0.213. The zero-order chi connectivity index (χ0) is 18.5. The van der Waals surface area contributed by atoms with Crippen LogP contribution in [-0.4, -0.2) is 23.9 Å². The van der Waals surface area contributed by atoms with Crippen molar-refractivity contribution in [2.24, 2.45) is 0 Å². The molecule has 0 fully saturated rings. The van der Waals surface area contributed by atoms with Crippen LogP contribution in [0.25, 0.3) is 9.88 Å². The number of carbonyl (C=O) groups excluding carboxylic acids is 2. The van der Waals surface area contributed by atoms with Crippen LogP contribution >= 0.6 is 22.7 Å². The van der Waals surface area contributed by atoms with Crippen LogP contribution in [-0.2, 0) is 16.0 Å². The maximum atomic E-state index is 12.3. The molecule has 2 amide bonds. The number of carbonyl (C=O) groups is 2. The molecule has 0 radical (unpaired) electrons. The first-order chi connectivity index (χ1) is 12.5. The van der Waals surface area contributed by atoms with Gasteiger partial charge in [0.15, 0.2) is 0 Å². The van der Waals surface area contributed by atoms with E-state index < -0.39 is 0 Å². The van der Waals surface area contributed by atoms with Crippen molar-refractivity contribution in [3.8, 4) is 15.6 Å². The number of amides is 2. The van der Waals surface area contributed by atoms with Gasteiger partial charge in [-0.05, 0) is 29.6 Å². The number of methoxy groups -OCH3 is 1. The number of nitrogens with one attached hydrogen (secondary N) is 2. The lowest BCUT2D eigenvalue weighted by Crippen LogP contribution is -2.15. The predicted molar refractivity (Wildman–Crippen MR) is 105 cm³/mol. The van der Waals surface area contributed by atoms with E-state index in [0.29, 0.717) is 17.1 Å². The number of hydrogen-bond donors (Lipinski definition) is 2. The fourth-order valence-electron chi connectivity index (χ4n) is 2.34. The van der Waals surface area contributed by atoms with E-state index in [0.717, 1.165) is 15.6 Å². The average molecular weight is 387 g/mol. The third-order valence-electron chi connectivity index (χ3n) is 3.42. The van der Waals surface area contributed by atoms with Gasteiger partial charge in [-0.15, -0.1) is 22.7 Å². The van der Waals surface area contributed by atoms with E-state index in [1.165, 1.54) is 25.4 Å². The lowest BCUT2D eigenvalue weighted by Gasteiger charge is -2.11. The quantitative estimate of drug-likeness (QED) is 0.669. The minimum Gasteiger partial charge on any atom is -0.495 e. The van der Waals surface area contributed by atoms with Crippen LogP contribution < -0.4 is 15.4 Å². The van der Waals surface area contributed by atoms with Gasteiger partial charge in [-0.25, -0.2) is 4.98 Å². The molecule has 2 heterocycles. The summed E-state index contributed by atoms with van der Waals surface area (Å²) in [4.78, 5) is 29.2. The van der Waals surface area contributed by atoms with Crippen molar-refractivity contribution in [1.29, 1.82) is 0 Å². The lowest BCUT2D eigenvalue weighted by molar-refractivity contribution is -0.116. The summed E-state index contributed by atoms with van der Waals surface area (Å²) < 4.78 is 5.20. The Labute approximate surface area is 158 Å². The van der Waals surface area contributed by atoms with Crippen LogP contribution in [0.4, 0.5) is 11.4 Å². The third kappa shape index (κ3) is 4.47. The molecule has 0 aliphatic rings. The second-order valence-corrected chi connectivity index (χ2v) is 7.25. The summed E-state index contributed by atoms with van der Waals surface area (Å²) in [5.74, 6) is 0.139. The van der Waals surface area contributed by atoms with E-state index in [9.17, 15) is 9.59 Å². The zero-order valence-electron chi connectivity index (χ0n) is 14.2. The summed E-state index contributed by atoms with van der Waals surface area (Å²) in [5, 5.41) is 10.3. The van der Waals surface area contributed by atoms with E-state index >= 15 is 0 Å². The topological polar surface area (TPSA) is 80.3 Å². The van der Waals surface area contributed by atoms with Crippen LogP contribution in [0, 0.1) is 0 Å². The molecule has 0 atom stereocenters. The Bertz CT molecular complexity index is 920. The number of nitrogens with zero attached hydrogens (tertiary/aromatic N) is 1. The summed E-state index contributed by atoms with van der Waals surface area (Å²) >= 11 is 3.15. The van der Waals surface area contributed by atoms with Crippen LogP contribution in [0.2, 0.25) is 0 Å². The van der Waals surface area contributed by atoms with Gasteiger partial charge in [-0.2, -0.15) is 0 Å². The summed E-state index contributed by atoms with van der Waals surface area (Å²) in [6.45, 7) is 1.41. The van der Waals surface area contributed by atoms with Crippen molar-refractivity contribution >= 4 is 45.9 Å². The van der Waals surface area contributed by atoms with Crippen molar-refractivity contribution < 1.29 is 14.3 Å². The smallest absolute Gasteiger partial charge is 0.230 e. The number of hydrogen-bond acceptors (Lipinski definition) is 6. The molecular formula is C18H17N3O3S2. The molecule has 0 saturated carbocycles. The third-order valence-corrected chi connectivity index (χ3v) is 5.35. The molecule has 2 N–H and O–H groups in total. The first-order valence-electron chi connectivity index (χ1n) is 7.79. The fraction of sp³-hybridized carbons (Fsp3) is 0.167. The molecule has 26 heavy (non-hydrogen) atoms. The number of thiazole rings is 1. The number of benzene rings is 1. The molecule has 0 spiro atoms. The molecule has 3 rings (SSSR count). The Morgan fingerprint density at radius 2 is 2.04 bits per heavy atom. The molecule has 0 bridgehead atoms. The van der Waals surface area contributed by atoms with Gasteiger partial charge in [-0.3, -0.25) is 9.59 Å². The Morgan fingerprint density at radius 1 is 1.19 bits per heavy atom. The minimum absolute atomic E-state index is 0.174. The highest BCUT2D eigenvalue weighted by Gasteiger charge is 2.12. The fourth-order valence-corrected chi connectivity index (χ4v) is 3.98. The van der Waals surface area contributed by atoms with Gasteiger partial charge in [0.2, 0.25) is 11.8 Å². The number of aromatic nitrogens is 1. The first-order valence-corrected chi connectivity index (χ1v) is 9.55. The van der Waals surface area contributed by atoms with Crippen LogP contribution in [0.1, 0.15) is 12.6 Å². The highest BCUT2D eigenvalue weighted by Crippen LogP contribution is 2.29. The molecule has 0 unspecified atom stereocenters. The molecule has 0 aliphatic heterocycles. The highest BCUT2D eigenvalue weighted by molar-refractivity contribution is 7.20. The summed E-state index contributed by atoms with van der Waals surface area (Å²) in [6.07, 6.45) is 0.184. The van der Waals surface area contributed by atoms with Gasteiger partial charge < -0.3 is 15.4 Å². The Kier molecular flexibility index (Phi) is 5.65. The van der Waals surface area contributed by atoms with E-state index in [-0.39, 0.29) is 18.2 Å². The van der Waals surface area contributed by atoms with Gasteiger partial charge in [0, 0.05) is 18.0 Å². The Balaban J connectivity index is 1.67. The summed E-state index contributed by atoms with van der Waals surface area (Å²) in [7, 11) is 1.52. The van der Waals surface area contributed by atoms with Crippen molar-refractivity contribution in [3.05, 3.63) is 46.8 Å². The Morgan fingerprint density at radius 3 is 2.73 bits per heavy atom. The monoisotopic (exact) mass is 387 g/mol. The molecular weight excluding hydrogens is 370 g/mol. The molecule has 134 valence electrons. The highest BCUT2D eigenvalue weighted by atomic mass is 32.1. The van der Waals surface area contributed by atoms with E-state index in [2.05, 4.69) is 15.6 Å². The number of ether oxygens (including phenoxy) is 1. The van der Waals surface area contributed by atoms with E-state index in [1.54, 1.807) is 29.5 Å². The van der Waals surface area contributed by atoms with Gasteiger partial charge in [0.05, 0.1) is 29.8 Å². The molecule has 1 aromatic carbocycles. The van der Waals surface area contributed by atoms with Gasteiger partial charge in [0.25, 0.3) is 0 Å². The second-order valence-electron chi connectivity index (χ2n) is 5.44. The van der Waals surface area contributed by atoms with E-state index in [4.69, 9.17) is 4.74 Å². The average Bonchev–Trinajstić information content (AvgIpc) is 3.25. The molecule has 8 heteroatoms. The second kappa shape index (κ2) is 8.11. The first kappa shape index (κ1) is 18.1. The molecule has 0 saturated heterocycles. The largest absolute Gasteiger partial charge is 0.495 e. The lowest BCUT2D eigenvalue weighted by atomic mass is 10.2. The van der Waals surface area contributed by atoms with Crippen molar-refractivity contribution in [2.45, 2.75) is 13.3 Å². The maximum Gasteiger partial charge on any atom is 0.230 e.